The fourth-order valence-electron chi connectivity index (χ4n) is 0.651. The van der Waals surface area contributed by atoms with Crippen molar-refractivity contribution in [1.29, 1.82) is 0 Å². The van der Waals surface area contributed by atoms with Crippen LogP contribution >= 0.6 is 0 Å². The highest BCUT2D eigenvalue weighted by Crippen LogP contribution is 1.88. The Balaban J connectivity index is 3.98. The molecular formula is C7H14N2O3. The highest BCUT2D eigenvalue weighted by atomic mass is 16.5. The van der Waals surface area contributed by atoms with Gasteiger partial charge in [0, 0.05) is 6.04 Å². The number of methoxy groups -OCH3 is 1. The van der Waals surface area contributed by atoms with Crippen molar-refractivity contribution in [2.45, 2.75) is 19.0 Å². The van der Waals surface area contributed by atoms with Crippen molar-refractivity contribution in [2.75, 3.05) is 14.2 Å². The van der Waals surface area contributed by atoms with Crippen LogP contribution in [0.1, 0.15) is 6.92 Å². The normalized spacial score (nSPS) is 14.6. The summed E-state index contributed by atoms with van der Waals surface area (Å²) in [5.41, 5.74) is 0. The van der Waals surface area contributed by atoms with E-state index >= 15 is 0 Å². The zero-order valence-electron chi connectivity index (χ0n) is 7.46. The summed E-state index contributed by atoms with van der Waals surface area (Å²) in [6.07, 6.45) is 0.0622. The van der Waals surface area contributed by atoms with Crippen molar-refractivity contribution in [2.24, 2.45) is 0 Å². The van der Waals surface area contributed by atoms with Crippen LogP contribution in [0.2, 0.25) is 0 Å². The summed E-state index contributed by atoms with van der Waals surface area (Å²) in [7, 11) is 2.96. The average Bonchev–Trinajstić information content (AvgIpc) is 2.12. The standard InChI is InChI=1S/C7H14N2O3/c1-5(8-2)6(4-10)9-7(11)12-3/h4-6,8H,1-3H3,(H,9,11). The summed E-state index contributed by atoms with van der Waals surface area (Å²) < 4.78 is 4.34. The summed E-state index contributed by atoms with van der Waals surface area (Å²) in [5, 5.41) is 5.22. The molecule has 0 aromatic rings. The highest BCUT2D eigenvalue weighted by molar-refractivity contribution is 5.73. The van der Waals surface area contributed by atoms with Crippen LogP contribution in [-0.4, -0.2) is 38.6 Å². The maximum absolute atomic E-state index is 10.7. The van der Waals surface area contributed by atoms with Crippen LogP contribution in [-0.2, 0) is 9.53 Å². The lowest BCUT2D eigenvalue weighted by Crippen LogP contribution is -2.48. The Morgan fingerprint density at radius 3 is 2.50 bits per heavy atom. The second kappa shape index (κ2) is 5.54. The number of nitrogens with one attached hydrogen (secondary N) is 2. The number of carbonyl (C=O) groups excluding carboxylic acids is 2. The van der Waals surface area contributed by atoms with Gasteiger partial charge in [-0.2, -0.15) is 0 Å². The van der Waals surface area contributed by atoms with Crippen LogP contribution in [0.5, 0.6) is 0 Å². The maximum atomic E-state index is 10.7. The van der Waals surface area contributed by atoms with Gasteiger partial charge < -0.3 is 20.2 Å². The van der Waals surface area contributed by atoms with E-state index in [4.69, 9.17) is 0 Å². The first-order valence-corrected chi connectivity index (χ1v) is 3.62. The second-order valence-corrected chi connectivity index (χ2v) is 2.38. The molecule has 2 unspecified atom stereocenters. The number of rotatable bonds is 4. The minimum Gasteiger partial charge on any atom is -0.453 e. The van der Waals surface area contributed by atoms with E-state index in [1.54, 1.807) is 14.0 Å². The molecule has 0 aliphatic heterocycles. The molecule has 0 fully saturated rings. The molecular weight excluding hydrogens is 160 g/mol. The van der Waals surface area contributed by atoms with Gasteiger partial charge in [-0.05, 0) is 14.0 Å². The van der Waals surface area contributed by atoms with Crippen LogP contribution in [0.15, 0.2) is 0 Å². The summed E-state index contributed by atoms with van der Waals surface area (Å²) in [6.45, 7) is 1.79. The van der Waals surface area contributed by atoms with Gasteiger partial charge in [0.1, 0.15) is 12.3 Å². The molecule has 0 aromatic heterocycles. The predicted molar refractivity (Wildman–Crippen MR) is 43.9 cm³/mol. The van der Waals surface area contributed by atoms with Gasteiger partial charge in [0.15, 0.2) is 0 Å². The number of hydrogen-bond donors (Lipinski definition) is 2. The minimum atomic E-state index is -0.603. The zero-order valence-corrected chi connectivity index (χ0v) is 7.46. The number of aldehydes is 1. The lowest BCUT2D eigenvalue weighted by Gasteiger charge is -2.18. The van der Waals surface area contributed by atoms with Gasteiger partial charge in [0.2, 0.25) is 0 Å². The Bertz CT molecular complexity index is 161. The number of ether oxygens (including phenoxy) is 1. The van der Waals surface area contributed by atoms with E-state index in [9.17, 15) is 9.59 Å². The molecule has 70 valence electrons. The maximum Gasteiger partial charge on any atom is 0.407 e. The Morgan fingerprint density at radius 1 is 1.58 bits per heavy atom. The molecule has 5 heteroatoms. The van der Waals surface area contributed by atoms with E-state index in [0.29, 0.717) is 6.29 Å². The van der Waals surface area contributed by atoms with Crippen LogP contribution in [0.3, 0.4) is 0 Å². The molecule has 0 saturated heterocycles. The fraction of sp³-hybridized carbons (Fsp3) is 0.714. The van der Waals surface area contributed by atoms with Gasteiger partial charge >= 0.3 is 6.09 Å². The third kappa shape index (κ3) is 3.34. The van der Waals surface area contributed by atoms with Gasteiger partial charge in [0.05, 0.1) is 7.11 Å². The molecule has 2 atom stereocenters. The summed E-state index contributed by atoms with van der Waals surface area (Å²) in [5.74, 6) is 0. The monoisotopic (exact) mass is 174 g/mol. The van der Waals surface area contributed by atoms with Crippen molar-refractivity contribution in [3.8, 4) is 0 Å². The molecule has 0 saturated carbocycles. The van der Waals surface area contributed by atoms with Gasteiger partial charge in [-0.15, -0.1) is 0 Å². The Morgan fingerprint density at radius 2 is 2.17 bits per heavy atom. The van der Waals surface area contributed by atoms with Crippen LogP contribution in [0.25, 0.3) is 0 Å². The molecule has 2 N–H and O–H groups in total. The summed E-state index contributed by atoms with van der Waals surface area (Å²) in [6, 6.07) is -0.663. The number of likely N-dealkylation sites (N-methyl/N-ethyl adjacent to an activating group) is 1. The molecule has 0 spiro atoms. The SMILES string of the molecule is CNC(C)C(C=O)NC(=O)OC. The number of alkyl carbamates (subject to hydrolysis) is 1. The van der Waals surface area contributed by atoms with Crippen molar-refractivity contribution in [3.63, 3.8) is 0 Å². The quantitative estimate of drug-likeness (QED) is 0.565. The molecule has 0 aliphatic rings. The summed E-state index contributed by atoms with van der Waals surface area (Å²) >= 11 is 0. The average molecular weight is 174 g/mol. The number of carbonyl (C=O) groups is 2. The smallest absolute Gasteiger partial charge is 0.407 e. The topological polar surface area (TPSA) is 67.4 Å². The lowest BCUT2D eigenvalue weighted by molar-refractivity contribution is -0.110. The van der Waals surface area contributed by atoms with Gasteiger partial charge in [-0.25, -0.2) is 4.79 Å². The van der Waals surface area contributed by atoms with Crippen molar-refractivity contribution in [3.05, 3.63) is 0 Å². The van der Waals surface area contributed by atoms with Gasteiger partial charge in [0.25, 0.3) is 0 Å². The first kappa shape index (κ1) is 10.9. The molecule has 0 aliphatic carbocycles. The first-order valence-electron chi connectivity index (χ1n) is 3.62. The zero-order chi connectivity index (χ0) is 9.56. The molecule has 0 rings (SSSR count). The van der Waals surface area contributed by atoms with E-state index in [1.807, 2.05) is 0 Å². The van der Waals surface area contributed by atoms with E-state index < -0.39 is 12.1 Å². The van der Waals surface area contributed by atoms with Gasteiger partial charge in [-0.1, -0.05) is 0 Å². The van der Waals surface area contributed by atoms with Gasteiger partial charge in [-0.3, -0.25) is 0 Å². The molecule has 0 bridgehead atoms. The lowest BCUT2D eigenvalue weighted by atomic mass is 10.2. The molecule has 1 amide bonds. The van der Waals surface area contributed by atoms with E-state index in [0.717, 1.165) is 0 Å². The first-order chi connectivity index (χ1) is 5.65. The molecule has 0 heterocycles. The minimum absolute atomic E-state index is 0.110. The molecule has 5 nitrogen and oxygen atoms in total. The largest absolute Gasteiger partial charge is 0.453 e. The Kier molecular flexibility index (Phi) is 5.03. The van der Waals surface area contributed by atoms with E-state index in [1.165, 1.54) is 7.11 Å². The number of amides is 1. The van der Waals surface area contributed by atoms with Crippen LogP contribution in [0, 0.1) is 0 Å². The van der Waals surface area contributed by atoms with Crippen molar-refractivity contribution in [1.82, 2.24) is 10.6 Å². The van der Waals surface area contributed by atoms with Crippen LogP contribution in [0.4, 0.5) is 4.79 Å². The Hall–Kier alpha value is -1.10. The van der Waals surface area contributed by atoms with E-state index in [2.05, 4.69) is 15.4 Å². The van der Waals surface area contributed by atoms with E-state index in [-0.39, 0.29) is 6.04 Å². The Labute approximate surface area is 71.5 Å². The highest BCUT2D eigenvalue weighted by Gasteiger charge is 2.16. The molecule has 0 radical (unpaired) electrons. The number of hydrogen-bond acceptors (Lipinski definition) is 4. The summed E-state index contributed by atoms with van der Waals surface area (Å²) in [4.78, 5) is 21.1. The fourth-order valence-corrected chi connectivity index (χ4v) is 0.651. The molecule has 12 heavy (non-hydrogen) atoms. The third-order valence-corrected chi connectivity index (χ3v) is 1.61. The third-order valence-electron chi connectivity index (χ3n) is 1.61. The van der Waals surface area contributed by atoms with Crippen LogP contribution < -0.4 is 10.6 Å². The molecule has 0 aromatic carbocycles. The van der Waals surface area contributed by atoms with Crippen molar-refractivity contribution < 1.29 is 14.3 Å². The second-order valence-electron chi connectivity index (χ2n) is 2.38. The predicted octanol–water partition coefficient (Wildman–Crippen LogP) is -0.482. The van der Waals surface area contributed by atoms with Crippen molar-refractivity contribution >= 4 is 12.4 Å².